The second-order valence-corrected chi connectivity index (χ2v) is 6.31. The van der Waals surface area contributed by atoms with E-state index in [1.165, 1.54) is 6.26 Å². The van der Waals surface area contributed by atoms with Crippen LogP contribution in [-0.2, 0) is 10.0 Å². The van der Waals surface area contributed by atoms with Crippen molar-refractivity contribution in [1.82, 2.24) is 4.72 Å². The quantitative estimate of drug-likeness (QED) is 0.843. The molecule has 0 aromatic carbocycles. The van der Waals surface area contributed by atoms with E-state index >= 15 is 0 Å². The monoisotopic (exact) mass is 363 g/mol. The van der Waals surface area contributed by atoms with E-state index in [-0.39, 0.29) is 9.56 Å². The van der Waals surface area contributed by atoms with E-state index in [2.05, 4.69) is 20.7 Å². The molecule has 0 saturated carbocycles. The lowest BCUT2D eigenvalue weighted by Crippen LogP contribution is -2.26. The van der Waals surface area contributed by atoms with Gasteiger partial charge >= 0.3 is 5.97 Å². The fraction of sp³-hybridized carbons (Fsp3) is 0.182. The van der Waals surface area contributed by atoms with Gasteiger partial charge in [-0.1, -0.05) is 0 Å². The Labute approximate surface area is 122 Å². The fourth-order valence-electron chi connectivity index (χ4n) is 1.53. The summed E-state index contributed by atoms with van der Waals surface area (Å²) in [7, 11) is -3.94. The number of hydrogen-bond donors (Lipinski definition) is 2. The first-order valence-electron chi connectivity index (χ1n) is 5.39. The number of furan rings is 2. The molecule has 1 atom stereocenters. The minimum Gasteiger partial charge on any atom is -0.475 e. The molecule has 2 aromatic rings. The number of nitrogens with one attached hydrogen (secondary N) is 1. The highest BCUT2D eigenvalue weighted by Gasteiger charge is 2.27. The number of carboxylic acid groups (broad SMARTS) is 1. The van der Waals surface area contributed by atoms with Crippen LogP contribution in [0.5, 0.6) is 0 Å². The summed E-state index contributed by atoms with van der Waals surface area (Å²) in [6.07, 6.45) is 1.43. The first-order chi connectivity index (χ1) is 9.31. The second kappa shape index (κ2) is 5.43. The van der Waals surface area contributed by atoms with Gasteiger partial charge in [0.15, 0.2) is 4.67 Å². The van der Waals surface area contributed by atoms with Gasteiger partial charge in [-0.3, -0.25) is 0 Å². The van der Waals surface area contributed by atoms with Crippen molar-refractivity contribution in [1.29, 1.82) is 0 Å². The Hall–Kier alpha value is -1.58. The summed E-state index contributed by atoms with van der Waals surface area (Å²) in [5, 5.41) is 8.78. The molecule has 0 aliphatic rings. The molecule has 2 N–H and O–H groups in total. The van der Waals surface area contributed by atoms with Gasteiger partial charge < -0.3 is 13.9 Å². The van der Waals surface area contributed by atoms with Crippen LogP contribution >= 0.6 is 15.9 Å². The Kier molecular flexibility index (Phi) is 4.02. The number of sulfonamides is 1. The number of carbonyl (C=O) groups is 1. The molecule has 0 aliphatic carbocycles. The number of aromatic carboxylic acids is 1. The summed E-state index contributed by atoms with van der Waals surface area (Å²) in [5.74, 6) is -1.39. The third-order valence-corrected chi connectivity index (χ3v) is 4.86. The zero-order valence-corrected chi connectivity index (χ0v) is 12.6. The van der Waals surface area contributed by atoms with Crippen molar-refractivity contribution in [3.8, 4) is 0 Å². The van der Waals surface area contributed by atoms with Gasteiger partial charge in [0.05, 0.1) is 12.3 Å². The molecule has 2 rings (SSSR count). The first kappa shape index (κ1) is 14.8. The highest BCUT2D eigenvalue weighted by molar-refractivity contribution is 9.10. The Morgan fingerprint density at radius 2 is 2.20 bits per heavy atom. The van der Waals surface area contributed by atoms with Crippen LogP contribution in [-0.4, -0.2) is 19.5 Å². The van der Waals surface area contributed by atoms with Gasteiger partial charge in [-0.25, -0.2) is 17.9 Å². The van der Waals surface area contributed by atoms with Crippen LogP contribution in [0.2, 0.25) is 0 Å². The van der Waals surface area contributed by atoms with Gasteiger partial charge in [0.2, 0.25) is 15.8 Å². The smallest absolute Gasteiger partial charge is 0.371 e. The van der Waals surface area contributed by atoms with Crippen molar-refractivity contribution in [3.05, 3.63) is 40.7 Å². The minimum atomic E-state index is -3.94. The molecule has 20 heavy (non-hydrogen) atoms. The van der Waals surface area contributed by atoms with Crippen molar-refractivity contribution in [2.75, 3.05) is 0 Å². The SMILES string of the molecule is C[C@@H](NS(=O)(=O)c1cc(C(=O)O)oc1Br)c1ccco1. The van der Waals surface area contributed by atoms with Crippen molar-refractivity contribution < 1.29 is 27.2 Å². The Balaban J connectivity index is 2.29. The maximum Gasteiger partial charge on any atom is 0.371 e. The Morgan fingerprint density at radius 1 is 1.50 bits per heavy atom. The average molecular weight is 364 g/mol. The highest BCUT2D eigenvalue weighted by Crippen LogP contribution is 2.27. The van der Waals surface area contributed by atoms with Gasteiger partial charge in [-0.2, -0.15) is 0 Å². The molecular formula is C11H10BrNO6S. The zero-order valence-electron chi connectivity index (χ0n) is 10.2. The van der Waals surface area contributed by atoms with E-state index in [0.29, 0.717) is 5.76 Å². The predicted molar refractivity (Wildman–Crippen MR) is 70.8 cm³/mol. The Bertz CT molecular complexity index is 718. The van der Waals surface area contributed by atoms with Crippen LogP contribution in [0.15, 0.2) is 42.9 Å². The van der Waals surface area contributed by atoms with Gasteiger partial charge in [0.1, 0.15) is 10.7 Å². The van der Waals surface area contributed by atoms with E-state index in [4.69, 9.17) is 13.9 Å². The second-order valence-electron chi connectivity index (χ2n) is 3.91. The van der Waals surface area contributed by atoms with E-state index < -0.39 is 27.8 Å². The van der Waals surface area contributed by atoms with Gasteiger partial charge in [-0.05, 0) is 35.0 Å². The predicted octanol–water partition coefficient (Wildman–Crippen LogP) is 2.37. The Morgan fingerprint density at radius 3 is 2.70 bits per heavy atom. The molecule has 2 aromatic heterocycles. The molecule has 108 valence electrons. The van der Waals surface area contributed by atoms with Crippen molar-refractivity contribution >= 4 is 31.9 Å². The van der Waals surface area contributed by atoms with Crippen molar-refractivity contribution in [2.24, 2.45) is 0 Å². The largest absolute Gasteiger partial charge is 0.475 e. The van der Waals surface area contributed by atoms with Crippen LogP contribution in [0.1, 0.15) is 29.3 Å². The summed E-state index contributed by atoms with van der Waals surface area (Å²) in [6, 6.07) is 3.59. The molecule has 0 fully saturated rings. The minimum absolute atomic E-state index is 0.172. The number of hydrogen-bond acceptors (Lipinski definition) is 5. The third kappa shape index (κ3) is 2.94. The lowest BCUT2D eigenvalue weighted by atomic mass is 10.3. The molecule has 0 saturated heterocycles. The molecule has 0 spiro atoms. The van der Waals surface area contributed by atoms with E-state index in [0.717, 1.165) is 6.07 Å². The van der Waals surface area contributed by atoms with E-state index in [1.807, 2.05) is 0 Å². The van der Waals surface area contributed by atoms with Gasteiger partial charge in [0, 0.05) is 6.07 Å². The van der Waals surface area contributed by atoms with Crippen LogP contribution in [0, 0.1) is 0 Å². The average Bonchev–Trinajstić information content (AvgIpc) is 2.96. The van der Waals surface area contributed by atoms with Crippen molar-refractivity contribution in [3.63, 3.8) is 0 Å². The number of carboxylic acids is 1. The normalized spacial score (nSPS) is 13.3. The maximum absolute atomic E-state index is 12.2. The number of rotatable bonds is 5. The fourth-order valence-corrected chi connectivity index (χ4v) is 3.68. The van der Waals surface area contributed by atoms with E-state index in [1.54, 1.807) is 19.1 Å². The standard InChI is InChI=1S/C11H10BrNO6S/c1-6(7-3-2-4-18-7)13-20(16,17)9-5-8(11(14)15)19-10(9)12/h2-6,13H,1H3,(H,14,15)/t6-/m1/s1. The molecule has 0 aliphatic heterocycles. The molecule has 9 heteroatoms. The van der Waals surface area contributed by atoms with Gasteiger partial charge in [0.25, 0.3) is 0 Å². The van der Waals surface area contributed by atoms with Crippen LogP contribution in [0.25, 0.3) is 0 Å². The van der Waals surface area contributed by atoms with Gasteiger partial charge in [-0.15, -0.1) is 0 Å². The third-order valence-electron chi connectivity index (χ3n) is 2.46. The molecule has 0 bridgehead atoms. The van der Waals surface area contributed by atoms with E-state index in [9.17, 15) is 13.2 Å². The molecule has 7 nitrogen and oxygen atoms in total. The topological polar surface area (TPSA) is 110 Å². The molecule has 0 unspecified atom stereocenters. The number of halogens is 1. The molecule has 0 radical (unpaired) electrons. The lowest BCUT2D eigenvalue weighted by Gasteiger charge is -2.10. The molecular weight excluding hydrogens is 354 g/mol. The maximum atomic E-state index is 12.2. The van der Waals surface area contributed by atoms with Crippen LogP contribution < -0.4 is 4.72 Å². The highest BCUT2D eigenvalue weighted by atomic mass is 79.9. The molecule has 2 heterocycles. The summed E-state index contributed by atoms with van der Waals surface area (Å²) < 4.78 is 36.4. The zero-order chi connectivity index (χ0) is 14.9. The summed E-state index contributed by atoms with van der Waals surface area (Å²) >= 11 is 2.89. The summed E-state index contributed by atoms with van der Waals surface area (Å²) in [6.45, 7) is 1.60. The molecule has 0 amide bonds. The summed E-state index contributed by atoms with van der Waals surface area (Å²) in [5.41, 5.74) is 0. The first-order valence-corrected chi connectivity index (χ1v) is 7.67. The lowest BCUT2D eigenvalue weighted by molar-refractivity contribution is 0.0661. The van der Waals surface area contributed by atoms with Crippen LogP contribution in [0.4, 0.5) is 0 Å². The summed E-state index contributed by atoms with van der Waals surface area (Å²) in [4.78, 5) is 10.5. The van der Waals surface area contributed by atoms with Crippen molar-refractivity contribution in [2.45, 2.75) is 17.9 Å². The van der Waals surface area contributed by atoms with Crippen LogP contribution in [0.3, 0.4) is 0 Å².